The Kier molecular flexibility index (Phi) is 2.73. The van der Waals surface area contributed by atoms with Crippen LogP contribution in [-0.2, 0) is 7.05 Å². The first-order valence-corrected chi connectivity index (χ1v) is 7.31. The molecule has 0 amide bonds. The Labute approximate surface area is 128 Å². The van der Waals surface area contributed by atoms with Crippen molar-refractivity contribution in [3.8, 4) is 11.4 Å². The number of aryl methyl sites for hydroxylation is 3. The average molecular weight is 288 g/mol. The minimum Gasteiger partial charge on any atom is -0.343 e. The molecule has 0 radical (unpaired) electrons. The zero-order valence-corrected chi connectivity index (χ0v) is 12.8. The fourth-order valence-corrected chi connectivity index (χ4v) is 3.15. The van der Waals surface area contributed by atoms with E-state index in [0.717, 1.165) is 28.6 Å². The summed E-state index contributed by atoms with van der Waals surface area (Å²) >= 11 is 0. The van der Waals surface area contributed by atoms with Crippen molar-refractivity contribution in [3.05, 3.63) is 54.1 Å². The normalized spacial score (nSPS) is 11.4. The molecule has 22 heavy (non-hydrogen) atoms. The number of nitrogens with zero attached hydrogens (tertiary/aromatic N) is 4. The summed E-state index contributed by atoms with van der Waals surface area (Å²) in [7, 11) is 2.09. The summed E-state index contributed by atoms with van der Waals surface area (Å²) in [6, 6.07) is 14.7. The molecule has 2 aromatic heterocycles. The molecule has 0 aliphatic carbocycles. The number of aromatic nitrogens is 4. The molecule has 0 bridgehead atoms. The lowest BCUT2D eigenvalue weighted by Gasteiger charge is -2.06. The van der Waals surface area contributed by atoms with E-state index in [1.807, 2.05) is 13.8 Å². The summed E-state index contributed by atoms with van der Waals surface area (Å²) in [5.74, 6) is 2.23. The maximum absolute atomic E-state index is 4.53. The topological polar surface area (TPSA) is 43.6 Å². The molecule has 4 aromatic rings. The van der Waals surface area contributed by atoms with Gasteiger partial charge < -0.3 is 4.57 Å². The molecule has 2 aromatic carbocycles. The number of benzene rings is 2. The number of fused-ring (bicyclic) bond motifs is 3. The Morgan fingerprint density at radius 3 is 2.23 bits per heavy atom. The minimum absolute atomic E-state index is 0.738. The summed E-state index contributed by atoms with van der Waals surface area (Å²) in [4.78, 5) is 13.3. The van der Waals surface area contributed by atoms with Crippen molar-refractivity contribution in [2.24, 2.45) is 7.05 Å². The van der Waals surface area contributed by atoms with Crippen LogP contribution in [0.2, 0.25) is 0 Å². The Morgan fingerprint density at radius 1 is 0.773 bits per heavy atom. The van der Waals surface area contributed by atoms with Gasteiger partial charge in [-0.3, -0.25) is 0 Å². The van der Waals surface area contributed by atoms with Crippen LogP contribution in [0.1, 0.15) is 11.6 Å². The van der Waals surface area contributed by atoms with Crippen molar-refractivity contribution in [3.63, 3.8) is 0 Å². The lowest BCUT2D eigenvalue weighted by Crippen LogP contribution is -2.00. The minimum atomic E-state index is 0.738. The van der Waals surface area contributed by atoms with Crippen LogP contribution in [0.3, 0.4) is 0 Å². The van der Waals surface area contributed by atoms with Gasteiger partial charge in [0.1, 0.15) is 11.6 Å². The Bertz CT molecular complexity index is 994. The summed E-state index contributed by atoms with van der Waals surface area (Å²) in [6.45, 7) is 3.81. The van der Waals surface area contributed by atoms with E-state index >= 15 is 0 Å². The van der Waals surface area contributed by atoms with Gasteiger partial charge in [-0.15, -0.1) is 0 Å². The van der Waals surface area contributed by atoms with Crippen molar-refractivity contribution in [2.75, 3.05) is 0 Å². The van der Waals surface area contributed by atoms with Gasteiger partial charge >= 0.3 is 0 Å². The fourth-order valence-electron chi connectivity index (χ4n) is 3.15. The predicted octanol–water partition coefficient (Wildman–Crippen LogP) is 3.80. The van der Waals surface area contributed by atoms with Crippen LogP contribution in [0, 0.1) is 13.8 Å². The number of rotatable bonds is 1. The van der Waals surface area contributed by atoms with E-state index in [2.05, 4.69) is 69.0 Å². The van der Waals surface area contributed by atoms with Gasteiger partial charge in [-0.05, 0) is 26.0 Å². The molecule has 0 aliphatic heterocycles. The standard InChI is InChI=1S/C18H16N4/c1-11-19-12(2)21-18(20-11)15-9-6-8-14-13-7-4-5-10-16(13)22(3)17(14)15/h4-10H,1-3H3. The maximum Gasteiger partial charge on any atom is 0.165 e. The second-order valence-corrected chi connectivity index (χ2v) is 5.53. The van der Waals surface area contributed by atoms with Gasteiger partial charge in [0.2, 0.25) is 0 Å². The van der Waals surface area contributed by atoms with Gasteiger partial charge in [0.15, 0.2) is 5.82 Å². The van der Waals surface area contributed by atoms with E-state index < -0.39 is 0 Å². The van der Waals surface area contributed by atoms with E-state index in [4.69, 9.17) is 0 Å². The third-order valence-corrected chi connectivity index (χ3v) is 4.03. The molecule has 0 unspecified atom stereocenters. The van der Waals surface area contributed by atoms with Crippen molar-refractivity contribution >= 4 is 21.8 Å². The van der Waals surface area contributed by atoms with E-state index in [1.54, 1.807) is 0 Å². The van der Waals surface area contributed by atoms with Gasteiger partial charge in [-0.25, -0.2) is 15.0 Å². The molecule has 0 atom stereocenters. The zero-order chi connectivity index (χ0) is 15.3. The monoisotopic (exact) mass is 288 g/mol. The third kappa shape index (κ3) is 1.80. The second kappa shape index (κ2) is 4.63. The number of hydrogen-bond acceptors (Lipinski definition) is 3. The van der Waals surface area contributed by atoms with E-state index in [0.29, 0.717) is 0 Å². The van der Waals surface area contributed by atoms with Crippen LogP contribution in [0.15, 0.2) is 42.5 Å². The van der Waals surface area contributed by atoms with Crippen molar-refractivity contribution in [2.45, 2.75) is 13.8 Å². The summed E-state index contributed by atoms with van der Waals surface area (Å²) in [6.07, 6.45) is 0. The van der Waals surface area contributed by atoms with Crippen LogP contribution >= 0.6 is 0 Å². The predicted molar refractivity (Wildman–Crippen MR) is 88.7 cm³/mol. The Morgan fingerprint density at radius 2 is 1.45 bits per heavy atom. The first-order chi connectivity index (χ1) is 10.6. The highest BCUT2D eigenvalue weighted by Gasteiger charge is 2.14. The summed E-state index contributed by atoms with van der Waals surface area (Å²) in [5, 5.41) is 2.48. The molecule has 0 N–H and O–H groups in total. The molecule has 0 spiro atoms. The van der Waals surface area contributed by atoms with Crippen LogP contribution in [-0.4, -0.2) is 19.5 Å². The van der Waals surface area contributed by atoms with Gasteiger partial charge in [0, 0.05) is 28.9 Å². The first kappa shape index (κ1) is 13.0. The molecule has 4 rings (SSSR count). The highest BCUT2D eigenvalue weighted by atomic mass is 15.0. The number of para-hydroxylation sites is 2. The molecule has 4 heteroatoms. The zero-order valence-electron chi connectivity index (χ0n) is 12.8. The first-order valence-electron chi connectivity index (χ1n) is 7.31. The third-order valence-electron chi connectivity index (χ3n) is 4.03. The largest absolute Gasteiger partial charge is 0.343 e. The van der Waals surface area contributed by atoms with Crippen molar-refractivity contribution in [1.82, 2.24) is 19.5 Å². The van der Waals surface area contributed by atoms with E-state index in [9.17, 15) is 0 Å². The van der Waals surface area contributed by atoms with Gasteiger partial charge in [0.25, 0.3) is 0 Å². The fraction of sp³-hybridized carbons (Fsp3) is 0.167. The molecule has 0 saturated heterocycles. The van der Waals surface area contributed by atoms with Crippen LogP contribution < -0.4 is 0 Å². The van der Waals surface area contributed by atoms with Crippen molar-refractivity contribution < 1.29 is 0 Å². The quantitative estimate of drug-likeness (QED) is 0.535. The molecule has 0 aliphatic rings. The van der Waals surface area contributed by atoms with E-state index in [-0.39, 0.29) is 0 Å². The Balaban J connectivity index is 2.15. The van der Waals surface area contributed by atoms with Crippen LogP contribution in [0.25, 0.3) is 33.2 Å². The smallest absolute Gasteiger partial charge is 0.165 e. The summed E-state index contributed by atoms with van der Waals surface area (Å²) in [5.41, 5.74) is 3.42. The van der Waals surface area contributed by atoms with Gasteiger partial charge in [0.05, 0.1) is 5.52 Å². The molecular weight excluding hydrogens is 272 g/mol. The molecule has 108 valence electrons. The van der Waals surface area contributed by atoms with Crippen LogP contribution in [0.5, 0.6) is 0 Å². The van der Waals surface area contributed by atoms with Crippen molar-refractivity contribution in [1.29, 1.82) is 0 Å². The molecule has 4 nitrogen and oxygen atoms in total. The second-order valence-electron chi connectivity index (χ2n) is 5.53. The molecule has 0 fully saturated rings. The Hall–Kier alpha value is -2.75. The van der Waals surface area contributed by atoms with E-state index in [1.165, 1.54) is 16.3 Å². The average Bonchev–Trinajstić information content (AvgIpc) is 2.80. The molecule has 0 saturated carbocycles. The summed E-state index contributed by atoms with van der Waals surface area (Å²) < 4.78 is 2.22. The SMILES string of the molecule is Cc1nc(C)nc(-c2cccc3c4ccccc4n(C)c23)n1. The maximum atomic E-state index is 4.53. The molecule has 2 heterocycles. The lowest BCUT2D eigenvalue weighted by molar-refractivity contribution is 0.927. The highest BCUT2D eigenvalue weighted by molar-refractivity contribution is 6.12. The van der Waals surface area contributed by atoms with Gasteiger partial charge in [-0.1, -0.05) is 30.3 Å². The molecular formula is C18H16N4. The van der Waals surface area contributed by atoms with Crippen LogP contribution in [0.4, 0.5) is 0 Å². The highest BCUT2D eigenvalue weighted by Crippen LogP contribution is 2.33. The number of hydrogen-bond donors (Lipinski definition) is 0. The van der Waals surface area contributed by atoms with Gasteiger partial charge in [-0.2, -0.15) is 0 Å². The lowest BCUT2D eigenvalue weighted by atomic mass is 10.1.